The molecule has 2 N–H and O–H groups in total. The number of phenolic OH excluding ortho intramolecular Hbond substituents is 1. The zero-order chi connectivity index (χ0) is 14.7. The molecule has 0 aromatic heterocycles. The fourth-order valence-corrected chi connectivity index (χ4v) is 2.73. The average Bonchev–Trinajstić information content (AvgIpc) is 2.48. The van der Waals surface area contributed by atoms with Gasteiger partial charge in [0, 0.05) is 25.2 Å². The van der Waals surface area contributed by atoms with E-state index < -0.39 is 0 Å². The molecular weight excluding hydrogens is 252 g/mol. The highest BCUT2D eigenvalue weighted by atomic mass is 16.3. The van der Waals surface area contributed by atoms with Gasteiger partial charge >= 0.3 is 0 Å². The highest BCUT2D eigenvalue weighted by Gasteiger charge is 2.31. The first-order valence-corrected chi connectivity index (χ1v) is 7.40. The van der Waals surface area contributed by atoms with Gasteiger partial charge in [-0.1, -0.05) is 25.5 Å². The van der Waals surface area contributed by atoms with E-state index in [9.17, 15) is 9.90 Å². The van der Waals surface area contributed by atoms with Gasteiger partial charge in [0.05, 0.1) is 5.56 Å². The van der Waals surface area contributed by atoms with Crippen LogP contribution in [0.2, 0.25) is 0 Å². The van der Waals surface area contributed by atoms with Crippen molar-refractivity contribution in [1.82, 2.24) is 10.2 Å². The highest BCUT2D eigenvalue weighted by Crippen LogP contribution is 2.23. The summed E-state index contributed by atoms with van der Waals surface area (Å²) in [5.41, 5.74) is 1.40. The number of benzene rings is 1. The van der Waals surface area contributed by atoms with E-state index in [1.807, 2.05) is 17.9 Å². The molecule has 4 heteroatoms. The Bertz CT molecular complexity index is 487. The van der Waals surface area contributed by atoms with Gasteiger partial charge in [0.1, 0.15) is 5.75 Å². The van der Waals surface area contributed by atoms with Gasteiger partial charge in [0.15, 0.2) is 0 Å². The van der Waals surface area contributed by atoms with Gasteiger partial charge in [0.25, 0.3) is 5.91 Å². The van der Waals surface area contributed by atoms with E-state index in [4.69, 9.17) is 0 Å². The summed E-state index contributed by atoms with van der Waals surface area (Å²) in [6, 6.07) is 5.73. The van der Waals surface area contributed by atoms with Crippen LogP contribution in [0, 0.1) is 6.92 Å². The molecule has 1 amide bonds. The number of hydrogen-bond donors (Lipinski definition) is 2. The third-order valence-electron chi connectivity index (χ3n) is 4.11. The maximum Gasteiger partial charge on any atom is 0.257 e. The lowest BCUT2D eigenvalue weighted by Crippen LogP contribution is -2.57. The summed E-state index contributed by atoms with van der Waals surface area (Å²) in [7, 11) is 0. The number of carbonyl (C=O) groups is 1. The molecule has 0 aliphatic carbocycles. The Kier molecular flexibility index (Phi) is 4.65. The number of hydrogen-bond acceptors (Lipinski definition) is 3. The summed E-state index contributed by atoms with van der Waals surface area (Å²) >= 11 is 0. The third-order valence-corrected chi connectivity index (χ3v) is 4.11. The molecule has 1 fully saturated rings. The van der Waals surface area contributed by atoms with Gasteiger partial charge < -0.3 is 15.3 Å². The molecule has 2 atom stereocenters. The van der Waals surface area contributed by atoms with Crippen molar-refractivity contribution in [1.29, 1.82) is 0 Å². The van der Waals surface area contributed by atoms with Crippen LogP contribution in [-0.2, 0) is 0 Å². The Hall–Kier alpha value is -1.55. The molecule has 1 heterocycles. The second-order valence-electron chi connectivity index (χ2n) is 5.55. The monoisotopic (exact) mass is 276 g/mol. The van der Waals surface area contributed by atoms with Crippen LogP contribution in [-0.4, -0.2) is 41.1 Å². The van der Waals surface area contributed by atoms with Crippen molar-refractivity contribution in [3.05, 3.63) is 29.3 Å². The van der Waals surface area contributed by atoms with Crippen LogP contribution in [0.1, 0.15) is 42.6 Å². The van der Waals surface area contributed by atoms with Gasteiger partial charge in [-0.05, 0) is 31.9 Å². The summed E-state index contributed by atoms with van der Waals surface area (Å²) in [5, 5.41) is 13.4. The van der Waals surface area contributed by atoms with E-state index in [2.05, 4.69) is 19.2 Å². The molecule has 1 aliphatic heterocycles. The summed E-state index contributed by atoms with van der Waals surface area (Å²) < 4.78 is 0. The molecule has 0 spiro atoms. The minimum Gasteiger partial charge on any atom is -0.507 e. The average molecular weight is 276 g/mol. The number of piperazine rings is 1. The van der Waals surface area contributed by atoms with Crippen molar-refractivity contribution in [3.8, 4) is 5.75 Å². The summed E-state index contributed by atoms with van der Waals surface area (Å²) in [6.45, 7) is 7.68. The van der Waals surface area contributed by atoms with Crippen molar-refractivity contribution in [2.75, 3.05) is 13.1 Å². The standard InChI is InChI=1S/C16H24N2O2/c1-4-12-10-18(13(5-2)9-17-12)16(20)14-8-11(3)6-7-15(14)19/h6-8,12-13,17,19H,4-5,9-10H2,1-3H3. The van der Waals surface area contributed by atoms with Crippen LogP contribution < -0.4 is 5.32 Å². The van der Waals surface area contributed by atoms with Crippen LogP contribution in [0.25, 0.3) is 0 Å². The Morgan fingerprint density at radius 2 is 2.15 bits per heavy atom. The van der Waals surface area contributed by atoms with Crippen molar-refractivity contribution >= 4 is 5.91 Å². The fourth-order valence-electron chi connectivity index (χ4n) is 2.73. The van der Waals surface area contributed by atoms with Gasteiger partial charge in [0.2, 0.25) is 0 Å². The minimum atomic E-state index is -0.0574. The summed E-state index contributed by atoms with van der Waals surface area (Å²) in [5.74, 6) is 0.0139. The lowest BCUT2D eigenvalue weighted by atomic mass is 10.0. The smallest absolute Gasteiger partial charge is 0.257 e. The highest BCUT2D eigenvalue weighted by molar-refractivity contribution is 5.97. The first-order chi connectivity index (χ1) is 9.56. The maximum atomic E-state index is 12.7. The molecule has 1 aromatic carbocycles. The quantitative estimate of drug-likeness (QED) is 0.890. The largest absolute Gasteiger partial charge is 0.507 e. The van der Waals surface area contributed by atoms with Gasteiger partial charge in [-0.15, -0.1) is 0 Å². The number of rotatable bonds is 3. The number of aromatic hydroxyl groups is 1. The number of aryl methyl sites for hydroxylation is 1. The van der Waals surface area contributed by atoms with Crippen molar-refractivity contribution in [2.24, 2.45) is 0 Å². The van der Waals surface area contributed by atoms with Crippen LogP contribution in [0.4, 0.5) is 0 Å². The van der Waals surface area contributed by atoms with Crippen LogP contribution >= 0.6 is 0 Å². The van der Waals surface area contributed by atoms with E-state index in [1.54, 1.807) is 12.1 Å². The molecule has 4 nitrogen and oxygen atoms in total. The zero-order valence-electron chi connectivity index (χ0n) is 12.5. The molecule has 1 aliphatic rings. The zero-order valence-corrected chi connectivity index (χ0v) is 12.5. The second-order valence-corrected chi connectivity index (χ2v) is 5.55. The number of nitrogens with zero attached hydrogens (tertiary/aromatic N) is 1. The van der Waals surface area contributed by atoms with E-state index in [0.29, 0.717) is 18.2 Å². The predicted octanol–water partition coefficient (Wildman–Crippen LogP) is 2.30. The topological polar surface area (TPSA) is 52.6 Å². The Balaban J connectivity index is 2.26. The Labute approximate surface area is 120 Å². The van der Waals surface area contributed by atoms with Crippen LogP contribution in [0.3, 0.4) is 0 Å². The van der Waals surface area contributed by atoms with E-state index in [1.165, 1.54) is 0 Å². The summed E-state index contributed by atoms with van der Waals surface area (Å²) in [4.78, 5) is 14.7. The minimum absolute atomic E-state index is 0.0574. The fraction of sp³-hybridized carbons (Fsp3) is 0.562. The van der Waals surface area contributed by atoms with E-state index in [-0.39, 0.29) is 17.7 Å². The number of phenols is 1. The van der Waals surface area contributed by atoms with Crippen LogP contribution in [0.5, 0.6) is 5.75 Å². The van der Waals surface area contributed by atoms with Crippen LogP contribution in [0.15, 0.2) is 18.2 Å². The van der Waals surface area contributed by atoms with Crippen molar-refractivity contribution < 1.29 is 9.90 Å². The first-order valence-electron chi connectivity index (χ1n) is 7.40. The molecule has 1 saturated heterocycles. The number of amides is 1. The molecule has 0 radical (unpaired) electrons. The molecule has 0 bridgehead atoms. The van der Waals surface area contributed by atoms with Crippen molar-refractivity contribution in [3.63, 3.8) is 0 Å². The molecule has 110 valence electrons. The molecule has 0 saturated carbocycles. The second kappa shape index (κ2) is 6.27. The van der Waals surface area contributed by atoms with Gasteiger partial charge in [-0.2, -0.15) is 0 Å². The molecule has 20 heavy (non-hydrogen) atoms. The Morgan fingerprint density at radius 3 is 2.80 bits per heavy atom. The molecule has 1 aromatic rings. The lowest BCUT2D eigenvalue weighted by molar-refractivity contribution is 0.0573. The molecule has 2 rings (SSSR count). The lowest BCUT2D eigenvalue weighted by Gasteiger charge is -2.40. The Morgan fingerprint density at radius 1 is 1.40 bits per heavy atom. The molecule has 2 unspecified atom stereocenters. The van der Waals surface area contributed by atoms with Gasteiger partial charge in [-0.25, -0.2) is 0 Å². The van der Waals surface area contributed by atoms with E-state index >= 15 is 0 Å². The van der Waals surface area contributed by atoms with Gasteiger partial charge in [-0.3, -0.25) is 4.79 Å². The SMILES string of the molecule is CCC1CN(C(=O)c2cc(C)ccc2O)C(CC)CN1. The molecular formula is C16H24N2O2. The number of nitrogens with one attached hydrogen (secondary N) is 1. The normalized spacial score (nSPS) is 22.9. The maximum absolute atomic E-state index is 12.7. The first kappa shape index (κ1) is 14.9. The van der Waals surface area contributed by atoms with Crippen molar-refractivity contribution in [2.45, 2.75) is 45.7 Å². The predicted molar refractivity (Wildman–Crippen MR) is 80.0 cm³/mol. The summed E-state index contributed by atoms with van der Waals surface area (Å²) in [6.07, 6.45) is 1.92. The van der Waals surface area contributed by atoms with E-state index in [0.717, 1.165) is 24.9 Å². The number of carbonyl (C=O) groups excluding carboxylic acids is 1. The third kappa shape index (κ3) is 2.96.